The standard InChI is InChI=1S/C61H72F3N11O7S2/c1-36(39-6-8-41(9-7-39)54-37(2)67-35-83-54)68-57(78)50-29-45(76)34-74(50)58(79)55(60(3,4)5)69-59(80)61(19-20-61)72-26-24-70(25-27-72)32-38-16-21-71(22-17-38)44-12-10-40(11-13-44)42-28-46-47(31-66-56(46)65-30-42)53(77)51-48(63)14-15-49(52(51)64)75(84(81)82)73-23-18-43(62)33-73/h6-15,28,30-31,35-36,38,43,45,50,55,76H,16-27,29,32-34H2,1-5H3,(H,65,66)(H,68,78)(H,69,80)(H,81,82)/t36-,43+,45+,50-,55+/m0/s1. The van der Waals surface area contributed by atoms with Crippen LogP contribution in [0, 0.1) is 29.9 Å². The summed E-state index contributed by atoms with van der Waals surface area (Å²) in [5.41, 5.74) is 4.74. The van der Waals surface area contributed by atoms with E-state index in [9.17, 15) is 37.4 Å². The topological polar surface area (TPSA) is 211 Å². The fourth-order valence-corrected chi connectivity index (χ4v) is 14.1. The van der Waals surface area contributed by atoms with Crippen LogP contribution in [0.15, 0.2) is 84.6 Å². The third kappa shape index (κ3) is 12.0. The molecular weight excluding hydrogens is 1120 g/mol. The zero-order chi connectivity index (χ0) is 59.4. The molecule has 3 amide bonds. The van der Waals surface area contributed by atoms with Crippen LogP contribution in [0.2, 0.25) is 0 Å². The minimum atomic E-state index is -2.83. The van der Waals surface area contributed by atoms with Gasteiger partial charge in [-0.3, -0.25) is 28.6 Å². The summed E-state index contributed by atoms with van der Waals surface area (Å²) in [5, 5.41) is 18.6. The highest BCUT2D eigenvalue weighted by Crippen LogP contribution is 2.44. The van der Waals surface area contributed by atoms with Gasteiger partial charge in [-0.2, -0.15) is 4.41 Å². The maximum atomic E-state index is 16.1. The largest absolute Gasteiger partial charge is 0.391 e. The molecule has 1 unspecified atom stereocenters. The highest BCUT2D eigenvalue weighted by atomic mass is 32.2. The number of β-amino-alcohol motifs (C(OH)–C–C–N with tert-alkyl or cyclic N) is 1. The number of benzene rings is 3. The molecule has 23 heteroatoms. The van der Waals surface area contributed by atoms with Crippen LogP contribution in [0.1, 0.15) is 99.4 Å². The number of H-pyrrole nitrogens is 1. The number of rotatable bonds is 17. The van der Waals surface area contributed by atoms with Crippen molar-refractivity contribution in [3.63, 3.8) is 0 Å². The van der Waals surface area contributed by atoms with Gasteiger partial charge >= 0.3 is 0 Å². The second-order valence-electron chi connectivity index (χ2n) is 24.3. The summed E-state index contributed by atoms with van der Waals surface area (Å²) >= 11 is -1.26. The Balaban J connectivity index is 0.661. The number of anilines is 2. The molecule has 3 aromatic heterocycles. The smallest absolute Gasteiger partial charge is 0.277 e. The Bertz CT molecular complexity index is 3450. The Morgan fingerprint density at radius 1 is 0.893 bits per heavy atom. The molecule has 5 aliphatic rings. The van der Waals surface area contributed by atoms with Gasteiger partial charge in [-0.15, -0.1) is 11.3 Å². The number of aromatic nitrogens is 3. The first-order valence-electron chi connectivity index (χ1n) is 28.9. The molecule has 1 aliphatic carbocycles. The zero-order valence-corrected chi connectivity index (χ0v) is 49.5. The number of halogens is 3. The number of piperidine rings is 1. The number of pyridine rings is 1. The number of likely N-dealkylation sites (tertiary alicyclic amines) is 1. The predicted octanol–water partition coefficient (Wildman–Crippen LogP) is 7.81. The average molecular weight is 1190 g/mol. The number of aryl methyl sites for hydroxylation is 1. The summed E-state index contributed by atoms with van der Waals surface area (Å²) in [7, 11) is 0. The molecule has 6 atom stereocenters. The number of fused-ring (bicyclic) bond motifs is 1. The van der Waals surface area contributed by atoms with Crippen molar-refractivity contribution in [2.24, 2.45) is 11.3 Å². The Kier molecular flexibility index (Phi) is 16.9. The van der Waals surface area contributed by atoms with Gasteiger partial charge in [0.2, 0.25) is 23.5 Å². The first-order valence-corrected chi connectivity index (χ1v) is 30.8. The molecule has 0 bridgehead atoms. The maximum Gasteiger partial charge on any atom is 0.277 e. The van der Waals surface area contributed by atoms with Crippen LogP contribution >= 0.6 is 11.3 Å². The molecule has 4 saturated heterocycles. The first kappa shape index (κ1) is 59.1. The van der Waals surface area contributed by atoms with Crippen molar-refractivity contribution in [2.45, 2.75) is 109 Å². The molecule has 6 aromatic rings. The molecule has 18 nitrogen and oxygen atoms in total. The fourth-order valence-electron chi connectivity index (χ4n) is 12.6. The molecule has 5 N–H and O–H groups in total. The molecule has 3 aromatic carbocycles. The lowest BCUT2D eigenvalue weighted by atomic mass is 9.85. The third-order valence-corrected chi connectivity index (χ3v) is 19.3. The van der Waals surface area contributed by atoms with E-state index in [1.54, 1.807) is 23.6 Å². The number of hydrogen-bond acceptors (Lipinski definition) is 13. The van der Waals surface area contributed by atoms with Crippen LogP contribution in [0.3, 0.4) is 0 Å². The summed E-state index contributed by atoms with van der Waals surface area (Å²) in [6, 6.07) is 17.4. The van der Waals surface area contributed by atoms with E-state index in [0.29, 0.717) is 39.8 Å². The van der Waals surface area contributed by atoms with E-state index in [1.807, 2.05) is 88.7 Å². The number of aliphatic hydroxyl groups excluding tert-OH is 1. The van der Waals surface area contributed by atoms with E-state index >= 15 is 8.78 Å². The Labute approximate surface area is 493 Å². The number of alkyl halides is 1. The van der Waals surface area contributed by atoms with Crippen LogP contribution in [-0.2, 0) is 25.7 Å². The zero-order valence-electron chi connectivity index (χ0n) is 47.8. The number of carbonyl (C=O) groups is 4. The van der Waals surface area contributed by atoms with Crippen LogP contribution in [0.4, 0.5) is 24.5 Å². The van der Waals surface area contributed by atoms with E-state index in [0.717, 1.165) is 109 Å². The van der Waals surface area contributed by atoms with Gasteiger partial charge in [-0.1, -0.05) is 57.2 Å². The molecule has 4 aliphatic heterocycles. The van der Waals surface area contributed by atoms with Crippen LogP contribution in [0.25, 0.3) is 32.6 Å². The lowest BCUT2D eigenvalue weighted by Gasteiger charge is -2.42. The fraction of sp³-hybridized carbons (Fsp3) is 0.475. The molecule has 0 radical (unpaired) electrons. The lowest BCUT2D eigenvalue weighted by molar-refractivity contribution is -0.145. The number of piperazine rings is 1. The van der Waals surface area contributed by atoms with Gasteiger partial charge < -0.3 is 35.4 Å². The minimum absolute atomic E-state index is 0.00130. The van der Waals surface area contributed by atoms with Crippen molar-refractivity contribution in [2.75, 3.05) is 74.8 Å². The van der Waals surface area contributed by atoms with E-state index in [2.05, 4.69) is 40.3 Å². The molecule has 0 spiro atoms. The second-order valence-corrected chi connectivity index (χ2v) is 26.0. The van der Waals surface area contributed by atoms with Crippen molar-refractivity contribution < 1.29 is 46.2 Å². The van der Waals surface area contributed by atoms with Gasteiger partial charge in [0.25, 0.3) is 11.3 Å². The number of aromatic amines is 1. The maximum absolute atomic E-state index is 16.1. The summed E-state index contributed by atoms with van der Waals surface area (Å²) in [4.78, 5) is 78.3. The molecule has 11 rings (SSSR count). The SMILES string of the molecule is Cc1ncsc1-c1ccc([C@H](C)NC(=O)[C@@H]2C[C@@H](O)CN2C(=O)[C@@H](NC(=O)C2(N3CCN(CC4CCN(c5ccc(-c6cnc7[nH]cc(C(=O)c8c(F)ccc(N(N9CC[C@@H](F)C9)S(=O)O)c8F)c7c6)cc5)CC4)CC3)CC2)C(C)(C)C)cc1. The molecule has 1 saturated carbocycles. The Morgan fingerprint density at radius 3 is 2.23 bits per heavy atom. The Hall–Kier alpha value is -6.60. The number of hydrogen-bond donors (Lipinski definition) is 5. The second kappa shape index (κ2) is 24.0. The van der Waals surface area contributed by atoms with Crippen LogP contribution in [-0.4, -0.2) is 167 Å². The highest BCUT2D eigenvalue weighted by molar-refractivity contribution is 7.80. The number of thiazole rings is 1. The number of hydrazine groups is 1. The van der Waals surface area contributed by atoms with Gasteiger partial charge in [-0.25, -0.2) is 32.4 Å². The predicted molar refractivity (Wildman–Crippen MR) is 317 cm³/mol. The third-order valence-electron chi connectivity index (χ3n) is 17.6. The van der Waals surface area contributed by atoms with Crippen molar-refractivity contribution in [1.29, 1.82) is 0 Å². The van der Waals surface area contributed by atoms with E-state index < -0.39 is 75.2 Å². The first-order chi connectivity index (χ1) is 40.2. The van der Waals surface area contributed by atoms with E-state index in [-0.39, 0.29) is 61.8 Å². The minimum Gasteiger partial charge on any atom is -0.391 e. The molecule has 5 fully saturated rings. The van der Waals surface area contributed by atoms with Crippen molar-refractivity contribution in [3.05, 3.63) is 119 Å². The molecule has 84 heavy (non-hydrogen) atoms. The Morgan fingerprint density at radius 2 is 1.60 bits per heavy atom. The van der Waals surface area contributed by atoms with Gasteiger partial charge in [0.05, 0.1) is 40.3 Å². The van der Waals surface area contributed by atoms with Crippen molar-refractivity contribution >= 4 is 68.5 Å². The lowest BCUT2D eigenvalue weighted by Crippen LogP contribution is -2.62. The van der Waals surface area contributed by atoms with Gasteiger partial charge in [-0.05, 0) is 104 Å². The summed E-state index contributed by atoms with van der Waals surface area (Å²) in [6.45, 7) is 15.2. The van der Waals surface area contributed by atoms with Crippen LogP contribution in [0.5, 0.6) is 0 Å². The number of nitrogens with one attached hydrogen (secondary N) is 3. The number of aliphatic hydroxyl groups is 1. The van der Waals surface area contributed by atoms with Gasteiger partial charge in [0.15, 0.2) is 5.82 Å². The number of amides is 3. The number of ketones is 1. The normalized spacial score (nSPS) is 21.8. The number of carbonyl (C=O) groups excluding carboxylic acids is 4. The molecule has 446 valence electrons. The van der Waals surface area contributed by atoms with Gasteiger partial charge in [0.1, 0.15) is 40.9 Å². The summed E-state index contributed by atoms with van der Waals surface area (Å²) in [6.07, 6.45) is 4.38. The monoisotopic (exact) mass is 1190 g/mol. The van der Waals surface area contributed by atoms with E-state index in [1.165, 1.54) is 11.1 Å². The van der Waals surface area contributed by atoms with Crippen molar-refractivity contribution in [1.82, 2.24) is 45.3 Å². The molecule has 7 heterocycles. The number of nitrogens with zero attached hydrogens (tertiary/aromatic N) is 8. The van der Waals surface area contributed by atoms with Crippen molar-refractivity contribution in [3.8, 4) is 21.6 Å². The van der Waals surface area contributed by atoms with Gasteiger partial charge in [0, 0.05) is 99.9 Å². The molecular formula is C61H72F3N11O7S2. The summed E-state index contributed by atoms with van der Waals surface area (Å²) in [5.74, 6) is -3.90. The highest BCUT2D eigenvalue weighted by Gasteiger charge is 2.56. The quantitative estimate of drug-likeness (QED) is 0.0437. The van der Waals surface area contributed by atoms with Crippen LogP contribution < -0.4 is 19.9 Å². The average Bonchev–Trinajstić information content (AvgIpc) is 4.02. The van der Waals surface area contributed by atoms with E-state index in [4.69, 9.17) is 0 Å². The summed E-state index contributed by atoms with van der Waals surface area (Å²) < 4.78 is 68.6.